The van der Waals surface area contributed by atoms with Crippen LogP contribution in [0.1, 0.15) is 39.4 Å². The SMILES string of the molecule is Cc1cccc(C2CC2C(=O)Nc2cccc(C(N)=O)c2C)c1. The molecule has 0 heterocycles. The van der Waals surface area contributed by atoms with Crippen molar-refractivity contribution in [3.8, 4) is 0 Å². The summed E-state index contributed by atoms with van der Waals surface area (Å²) in [5, 5.41) is 2.94. The van der Waals surface area contributed by atoms with Crippen LogP contribution in [0, 0.1) is 19.8 Å². The van der Waals surface area contributed by atoms with Crippen molar-refractivity contribution in [1.29, 1.82) is 0 Å². The van der Waals surface area contributed by atoms with Crippen molar-refractivity contribution in [3.63, 3.8) is 0 Å². The Balaban J connectivity index is 1.72. The van der Waals surface area contributed by atoms with Gasteiger partial charge in [0.25, 0.3) is 0 Å². The van der Waals surface area contributed by atoms with Crippen molar-refractivity contribution >= 4 is 17.5 Å². The molecule has 2 amide bonds. The first kappa shape index (κ1) is 15.3. The third kappa shape index (κ3) is 3.11. The zero-order valence-corrected chi connectivity index (χ0v) is 13.3. The minimum absolute atomic E-state index is 0.00114. The Hall–Kier alpha value is -2.62. The van der Waals surface area contributed by atoms with E-state index in [0.29, 0.717) is 16.8 Å². The quantitative estimate of drug-likeness (QED) is 0.910. The van der Waals surface area contributed by atoms with Gasteiger partial charge < -0.3 is 11.1 Å². The van der Waals surface area contributed by atoms with Crippen LogP contribution in [-0.2, 0) is 4.79 Å². The molecule has 3 N–H and O–H groups in total. The van der Waals surface area contributed by atoms with Crippen molar-refractivity contribution in [2.75, 3.05) is 5.32 Å². The smallest absolute Gasteiger partial charge is 0.249 e. The fourth-order valence-electron chi connectivity index (χ4n) is 3.02. The van der Waals surface area contributed by atoms with E-state index in [-0.39, 0.29) is 17.7 Å². The molecule has 2 aromatic carbocycles. The lowest BCUT2D eigenvalue weighted by molar-refractivity contribution is -0.117. The van der Waals surface area contributed by atoms with Crippen LogP contribution in [-0.4, -0.2) is 11.8 Å². The second-order valence-electron chi connectivity index (χ2n) is 6.19. The van der Waals surface area contributed by atoms with Gasteiger partial charge in [-0.15, -0.1) is 0 Å². The zero-order chi connectivity index (χ0) is 16.6. The number of aryl methyl sites for hydroxylation is 1. The van der Waals surface area contributed by atoms with Crippen molar-refractivity contribution in [2.45, 2.75) is 26.2 Å². The normalized spacial score (nSPS) is 19.2. The lowest BCUT2D eigenvalue weighted by atomic mass is 10.0. The zero-order valence-electron chi connectivity index (χ0n) is 13.3. The van der Waals surface area contributed by atoms with Gasteiger partial charge in [-0.1, -0.05) is 35.9 Å². The first-order valence-corrected chi connectivity index (χ1v) is 7.74. The fraction of sp³-hybridized carbons (Fsp3) is 0.263. The number of nitrogens with two attached hydrogens (primary N) is 1. The van der Waals surface area contributed by atoms with Gasteiger partial charge >= 0.3 is 0 Å². The number of hydrogen-bond donors (Lipinski definition) is 2. The van der Waals surface area contributed by atoms with Crippen LogP contribution in [0.3, 0.4) is 0 Å². The number of benzene rings is 2. The van der Waals surface area contributed by atoms with E-state index >= 15 is 0 Å². The Bertz CT molecular complexity index is 783. The summed E-state index contributed by atoms with van der Waals surface area (Å²) >= 11 is 0. The van der Waals surface area contributed by atoms with Crippen LogP contribution in [0.25, 0.3) is 0 Å². The molecular formula is C19H20N2O2. The summed E-state index contributed by atoms with van der Waals surface area (Å²) in [5.41, 5.74) is 9.57. The summed E-state index contributed by atoms with van der Waals surface area (Å²) in [6.07, 6.45) is 0.865. The summed E-state index contributed by atoms with van der Waals surface area (Å²) < 4.78 is 0. The van der Waals surface area contributed by atoms with E-state index in [9.17, 15) is 9.59 Å². The van der Waals surface area contributed by atoms with Gasteiger partial charge in [0, 0.05) is 17.2 Å². The van der Waals surface area contributed by atoms with E-state index in [2.05, 4.69) is 30.4 Å². The second kappa shape index (κ2) is 5.88. The molecule has 1 fully saturated rings. The Morgan fingerprint density at radius 1 is 1.13 bits per heavy atom. The summed E-state index contributed by atoms with van der Waals surface area (Å²) in [6, 6.07) is 13.5. The average molecular weight is 308 g/mol. The van der Waals surface area contributed by atoms with E-state index in [1.807, 2.05) is 6.07 Å². The highest BCUT2D eigenvalue weighted by atomic mass is 16.2. The van der Waals surface area contributed by atoms with Crippen LogP contribution in [0.5, 0.6) is 0 Å². The maximum Gasteiger partial charge on any atom is 0.249 e. The summed E-state index contributed by atoms with van der Waals surface area (Å²) in [4.78, 5) is 23.8. The highest BCUT2D eigenvalue weighted by molar-refractivity contribution is 6.00. The molecular weight excluding hydrogens is 288 g/mol. The Labute approximate surface area is 135 Å². The predicted molar refractivity (Wildman–Crippen MR) is 90.4 cm³/mol. The fourth-order valence-corrected chi connectivity index (χ4v) is 3.02. The molecule has 2 unspecified atom stereocenters. The Morgan fingerprint density at radius 2 is 1.87 bits per heavy atom. The van der Waals surface area contributed by atoms with Gasteiger partial charge in [0.15, 0.2) is 0 Å². The molecule has 0 bridgehead atoms. The van der Waals surface area contributed by atoms with Crippen molar-refractivity contribution in [1.82, 2.24) is 0 Å². The molecule has 0 radical (unpaired) electrons. The molecule has 4 heteroatoms. The van der Waals surface area contributed by atoms with Crippen LogP contribution in [0.4, 0.5) is 5.69 Å². The lowest BCUT2D eigenvalue weighted by Gasteiger charge is -2.11. The number of primary amides is 1. The summed E-state index contributed by atoms with van der Waals surface area (Å²) in [5.74, 6) is -0.202. The van der Waals surface area contributed by atoms with E-state index in [1.54, 1.807) is 25.1 Å². The van der Waals surface area contributed by atoms with Gasteiger partial charge in [-0.25, -0.2) is 0 Å². The molecule has 1 aliphatic carbocycles. The lowest BCUT2D eigenvalue weighted by Crippen LogP contribution is -2.18. The highest BCUT2D eigenvalue weighted by Gasteiger charge is 2.44. The molecule has 0 aliphatic heterocycles. The number of carbonyl (C=O) groups is 2. The molecule has 0 aromatic heterocycles. The van der Waals surface area contributed by atoms with E-state index in [0.717, 1.165) is 6.42 Å². The average Bonchev–Trinajstić information content (AvgIpc) is 3.29. The van der Waals surface area contributed by atoms with E-state index < -0.39 is 5.91 Å². The van der Waals surface area contributed by atoms with Gasteiger partial charge in [-0.05, 0) is 49.4 Å². The van der Waals surface area contributed by atoms with Crippen LogP contribution in [0.15, 0.2) is 42.5 Å². The molecule has 2 aromatic rings. The summed E-state index contributed by atoms with van der Waals surface area (Å²) in [7, 11) is 0. The first-order valence-electron chi connectivity index (χ1n) is 7.74. The van der Waals surface area contributed by atoms with Crippen molar-refractivity contribution in [2.24, 2.45) is 11.7 Å². The molecule has 0 spiro atoms. The molecule has 2 atom stereocenters. The molecule has 23 heavy (non-hydrogen) atoms. The number of amides is 2. The van der Waals surface area contributed by atoms with Crippen LogP contribution >= 0.6 is 0 Å². The summed E-state index contributed by atoms with van der Waals surface area (Å²) in [6.45, 7) is 3.85. The van der Waals surface area contributed by atoms with Gasteiger partial charge in [0.1, 0.15) is 0 Å². The number of anilines is 1. The standard InChI is InChI=1S/C19H20N2O2/c1-11-5-3-6-13(9-11)15-10-16(15)19(23)21-17-8-4-7-14(12(17)2)18(20)22/h3-9,15-16H,10H2,1-2H3,(H2,20,22)(H,21,23). The molecule has 118 valence electrons. The van der Waals surface area contributed by atoms with Gasteiger partial charge in [0.05, 0.1) is 0 Å². The van der Waals surface area contributed by atoms with Crippen LogP contribution < -0.4 is 11.1 Å². The molecule has 4 nitrogen and oxygen atoms in total. The highest BCUT2D eigenvalue weighted by Crippen LogP contribution is 2.48. The predicted octanol–water partition coefficient (Wildman–Crippen LogP) is 3.14. The maximum absolute atomic E-state index is 12.4. The topological polar surface area (TPSA) is 72.2 Å². The van der Waals surface area contributed by atoms with E-state index in [4.69, 9.17) is 5.73 Å². The molecule has 3 rings (SSSR count). The minimum atomic E-state index is -0.484. The number of hydrogen-bond acceptors (Lipinski definition) is 2. The maximum atomic E-state index is 12.4. The van der Waals surface area contributed by atoms with E-state index in [1.165, 1.54) is 11.1 Å². The van der Waals surface area contributed by atoms with Crippen molar-refractivity contribution < 1.29 is 9.59 Å². The molecule has 1 saturated carbocycles. The largest absolute Gasteiger partial charge is 0.366 e. The van der Waals surface area contributed by atoms with Crippen molar-refractivity contribution in [3.05, 3.63) is 64.7 Å². The monoisotopic (exact) mass is 308 g/mol. The minimum Gasteiger partial charge on any atom is -0.366 e. The molecule has 1 aliphatic rings. The first-order chi connectivity index (χ1) is 11.0. The van der Waals surface area contributed by atoms with Gasteiger partial charge in [-0.3, -0.25) is 9.59 Å². The number of nitrogens with one attached hydrogen (secondary N) is 1. The Kier molecular flexibility index (Phi) is 3.90. The second-order valence-corrected chi connectivity index (χ2v) is 6.19. The third-order valence-corrected chi connectivity index (χ3v) is 4.45. The molecule has 0 saturated heterocycles. The Morgan fingerprint density at radius 3 is 2.57 bits per heavy atom. The van der Waals surface area contributed by atoms with Crippen LogP contribution in [0.2, 0.25) is 0 Å². The van der Waals surface area contributed by atoms with Gasteiger partial charge in [0.2, 0.25) is 11.8 Å². The third-order valence-electron chi connectivity index (χ3n) is 4.45. The number of rotatable bonds is 4. The number of carbonyl (C=O) groups excluding carboxylic acids is 2. The van der Waals surface area contributed by atoms with Gasteiger partial charge in [-0.2, -0.15) is 0 Å².